The molecule has 5 aromatic carbocycles. The number of hydrogen-bond donors (Lipinski definition) is 3. The fourth-order valence-corrected chi connectivity index (χ4v) is 6.41. The van der Waals surface area contributed by atoms with Gasteiger partial charge in [0.25, 0.3) is 0 Å². The van der Waals surface area contributed by atoms with Gasteiger partial charge in [0.05, 0.1) is 43.8 Å². The van der Waals surface area contributed by atoms with Crippen LogP contribution in [0.25, 0.3) is 0 Å². The molecular weight excluding hydrogens is 663 g/mol. The summed E-state index contributed by atoms with van der Waals surface area (Å²) in [5.74, 6) is -4.39. The van der Waals surface area contributed by atoms with Crippen molar-refractivity contribution in [3.63, 3.8) is 0 Å². The second-order valence-electron chi connectivity index (χ2n) is 11.3. The number of carbonyl (C=O) groups is 4. The predicted octanol–water partition coefficient (Wildman–Crippen LogP) is 7.03. The molecule has 5 aromatic rings. The molecule has 0 spiro atoms. The zero-order chi connectivity index (χ0) is 36.0. The van der Waals surface area contributed by atoms with Gasteiger partial charge in [-0.05, 0) is 42.5 Å². The van der Waals surface area contributed by atoms with Crippen LogP contribution in [0.3, 0.4) is 0 Å². The van der Waals surface area contributed by atoms with Crippen molar-refractivity contribution in [2.45, 2.75) is 26.1 Å². The highest BCUT2D eigenvalue weighted by Gasteiger charge is 2.15. The molecule has 49 heavy (non-hydrogen) atoms. The van der Waals surface area contributed by atoms with Crippen LogP contribution in [-0.4, -0.2) is 64.8 Å². The summed E-state index contributed by atoms with van der Waals surface area (Å²) >= 11 is 2.23. The Morgan fingerprint density at radius 2 is 0.776 bits per heavy atom. The zero-order valence-corrected chi connectivity index (χ0v) is 28.6. The first-order valence-corrected chi connectivity index (χ1v) is 16.4. The van der Waals surface area contributed by atoms with Crippen LogP contribution in [-0.2, 0) is 6.54 Å². The Morgan fingerprint density at radius 3 is 1.08 bits per heavy atom. The average Bonchev–Trinajstić information content (AvgIpc) is 3.06. The van der Waals surface area contributed by atoms with Crippen molar-refractivity contribution in [2.24, 2.45) is 0 Å². The quantitative estimate of drug-likeness (QED) is 0.130. The monoisotopic (exact) mass is 697 g/mol. The van der Waals surface area contributed by atoms with E-state index in [0.29, 0.717) is 19.6 Å². The Bertz CT molecular complexity index is 1680. The van der Waals surface area contributed by atoms with Crippen LogP contribution in [0.4, 0.5) is 0 Å². The van der Waals surface area contributed by atoms with Gasteiger partial charge < -0.3 is 29.7 Å². The zero-order valence-electron chi connectivity index (χ0n) is 27.0. The van der Waals surface area contributed by atoms with Gasteiger partial charge in [0.2, 0.25) is 0 Å². The molecule has 5 rings (SSSR count). The van der Waals surface area contributed by atoms with Crippen molar-refractivity contribution in [3.05, 3.63) is 155 Å². The fraction of sp³-hybridized carbons (Fsp3) is 0.105. The maximum Gasteiger partial charge on any atom is 0.336 e. The van der Waals surface area contributed by atoms with Gasteiger partial charge >= 0.3 is 17.9 Å². The lowest BCUT2D eigenvalue weighted by molar-refractivity contribution is -0.884. The molecule has 0 saturated heterocycles. The highest BCUT2D eigenvalue weighted by atomic mass is 32.2. The molecule has 9 nitrogen and oxygen atoms in total. The van der Waals surface area contributed by atoms with Crippen LogP contribution in [0.5, 0.6) is 0 Å². The van der Waals surface area contributed by atoms with E-state index in [1.54, 1.807) is 72.8 Å². The van der Waals surface area contributed by atoms with Gasteiger partial charge in [0, 0.05) is 30.7 Å². The number of nitrogens with zero attached hydrogens (tertiary/aromatic N) is 1. The van der Waals surface area contributed by atoms with Crippen molar-refractivity contribution in [2.75, 3.05) is 21.1 Å². The number of rotatable bonds is 10. The van der Waals surface area contributed by atoms with E-state index in [-0.39, 0.29) is 22.3 Å². The molecule has 0 aliphatic heterocycles. The van der Waals surface area contributed by atoms with Crippen LogP contribution >= 0.6 is 23.5 Å². The summed E-state index contributed by atoms with van der Waals surface area (Å²) in [5, 5.41) is 38.3. The van der Waals surface area contributed by atoms with E-state index in [2.05, 4.69) is 51.5 Å². The molecule has 0 aliphatic rings. The fourth-order valence-electron chi connectivity index (χ4n) is 4.29. The van der Waals surface area contributed by atoms with Crippen LogP contribution < -0.4 is 5.11 Å². The molecule has 0 radical (unpaired) electrons. The molecule has 0 atom stereocenters. The Labute approximate surface area is 293 Å². The highest BCUT2D eigenvalue weighted by molar-refractivity contribution is 7.99. The lowest BCUT2D eigenvalue weighted by atomic mass is 10.2. The smallest absolute Gasteiger partial charge is 0.336 e. The maximum atomic E-state index is 11.1. The summed E-state index contributed by atoms with van der Waals surface area (Å²) < 4.78 is 0.990. The third-order valence-corrected chi connectivity index (χ3v) is 8.70. The van der Waals surface area contributed by atoms with Crippen molar-refractivity contribution in [1.82, 2.24) is 0 Å². The van der Waals surface area contributed by atoms with Gasteiger partial charge in [-0.2, -0.15) is 0 Å². The predicted molar refractivity (Wildman–Crippen MR) is 187 cm³/mol. The summed E-state index contributed by atoms with van der Waals surface area (Å²) in [6, 6.07) is 36.4. The summed E-state index contributed by atoms with van der Waals surface area (Å²) in [6.45, 7) is 1.10. The number of carboxylic acid groups (broad SMARTS) is 4. The van der Waals surface area contributed by atoms with Gasteiger partial charge in [-0.25, -0.2) is 14.4 Å². The molecule has 11 heteroatoms. The number of hydrogen-bond acceptors (Lipinski definition) is 7. The van der Waals surface area contributed by atoms with E-state index in [9.17, 15) is 24.3 Å². The topological polar surface area (TPSA) is 152 Å². The normalized spacial score (nSPS) is 10.4. The molecule has 0 fully saturated rings. The second kappa shape index (κ2) is 18.3. The second-order valence-corrected chi connectivity index (χ2v) is 13.5. The van der Waals surface area contributed by atoms with Crippen molar-refractivity contribution >= 4 is 47.4 Å². The summed E-state index contributed by atoms with van der Waals surface area (Å²) in [6.07, 6.45) is 0. The lowest BCUT2D eigenvalue weighted by Crippen LogP contribution is -2.33. The van der Waals surface area contributed by atoms with E-state index in [1.165, 1.54) is 29.8 Å². The molecular formula is C38H35NO8S2. The molecule has 0 unspecified atom stereocenters. The van der Waals surface area contributed by atoms with Gasteiger partial charge in [0.1, 0.15) is 6.54 Å². The summed E-state index contributed by atoms with van der Waals surface area (Å²) in [4.78, 5) is 46.3. The number of aromatic carboxylic acids is 4. The van der Waals surface area contributed by atoms with Crippen LogP contribution in [0.2, 0.25) is 0 Å². The van der Waals surface area contributed by atoms with Gasteiger partial charge in [-0.15, -0.1) is 0 Å². The lowest BCUT2D eigenvalue weighted by Gasteiger charge is -2.23. The number of carboxylic acids is 4. The van der Waals surface area contributed by atoms with Crippen molar-refractivity contribution < 1.29 is 44.1 Å². The summed E-state index contributed by atoms with van der Waals surface area (Å²) in [7, 11) is 6.60. The van der Waals surface area contributed by atoms with Gasteiger partial charge in [0.15, 0.2) is 0 Å². The molecule has 0 bridgehead atoms. The minimum absolute atomic E-state index is 0.0488. The molecule has 3 N–H and O–H groups in total. The van der Waals surface area contributed by atoms with Crippen LogP contribution in [0.15, 0.2) is 147 Å². The minimum Gasteiger partial charge on any atom is -0.545 e. The average molecular weight is 698 g/mol. The highest BCUT2D eigenvalue weighted by Crippen LogP contribution is 2.34. The van der Waals surface area contributed by atoms with Crippen LogP contribution in [0, 0.1) is 0 Å². The Kier molecular flexibility index (Phi) is 14.2. The first kappa shape index (κ1) is 38.1. The van der Waals surface area contributed by atoms with Crippen molar-refractivity contribution in [3.8, 4) is 0 Å². The Morgan fingerprint density at radius 1 is 0.490 bits per heavy atom. The number of benzene rings is 5. The Balaban J connectivity index is 0.000000207. The third kappa shape index (κ3) is 12.3. The standard InChI is InChI=1S/2C14H10O4S.C10H16N/c2*15-13(16)9-5-1-3-7-11(9)19-12-8-4-2-6-10(12)14(17)18;1-11(2,3)9-10-7-5-4-6-8-10/h2*1-8H,(H,15,16)(H,17,18);4-8H,9H2,1-3H3/q;;+1/p-1. The van der Waals surface area contributed by atoms with E-state index >= 15 is 0 Å². The third-order valence-electron chi connectivity index (χ3n) is 6.40. The van der Waals surface area contributed by atoms with Crippen molar-refractivity contribution in [1.29, 1.82) is 0 Å². The SMILES string of the molecule is C[N+](C)(C)Cc1ccccc1.O=C(O)c1ccccc1Sc1ccccc1C(=O)O.O=C([O-])c1ccccc1Sc1ccccc1C(=O)O. The van der Waals surface area contributed by atoms with Gasteiger partial charge in [-0.1, -0.05) is 108 Å². The first-order valence-electron chi connectivity index (χ1n) is 14.7. The van der Waals surface area contributed by atoms with E-state index in [1.807, 2.05) is 0 Å². The molecule has 0 saturated carbocycles. The largest absolute Gasteiger partial charge is 0.545 e. The van der Waals surface area contributed by atoms with E-state index in [0.717, 1.165) is 34.6 Å². The van der Waals surface area contributed by atoms with Crippen LogP contribution in [0.1, 0.15) is 47.0 Å². The molecule has 0 aliphatic carbocycles. The molecule has 252 valence electrons. The van der Waals surface area contributed by atoms with E-state index in [4.69, 9.17) is 15.3 Å². The number of quaternary nitrogens is 1. The first-order chi connectivity index (χ1) is 23.3. The maximum absolute atomic E-state index is 11.1. The van der Waals surface area contributed by atoms with E-state index < -0.39 is 23.9 Å². The minimum atomic E-state index is -1.28. The number of carbonyl (C=O) groups excluding carboxylic acids is 1. The summed E-state index contributed by atoms with van der Waals surface area (Å²) in [5.41, 5.74) is 1.91. The molecule has 0 amide bonds. The van der Waals surface area contributed by atoms with Gasteiger partial charge in [-0.3, -0.25) is 0 Å². The Hall–Kier alpha value is -5.36. The molecule has 0 heterocycles. The molecule has 0 aromatic heterocycles.